The van der Waals surface area contributed by atoms with E-state index in [2.05, 4.69) is 47.5 Å². The Labute approximate surface area is 171 Å². The summed E-state index contributed by atoms with van der Waals surface area (Å²) in [7, 11) is 0. The van der Waals surface area contributed by atoms with Crippen LogP contribution in [-0.4, -0.2) is 16.8 Å². The van der Waals surface area contributed by atoms with E-state index in [-0.39, 0.29) is 18.4 Å². The third kappa shape index (κ3) is 3.35. The predicted octanol–water partition coefficient (Wildman–Crippen LogP) is 5.72. The van der Waals surface area contributed by atoms with E-state index in [4.69, 9.17) is 14.6 Å². The van der Waals surface area contributed by atoms with Gasteiger partial charge in [0.2, 0.25) is 6.23 Å². The lowest BCUT2D eigenvalue weighted by molar-refractivity contribution is -0.0190. The fraction of sp³-hybridized carbons (Fsp3) is 0.240. The number of hydrazone groups is 1. The molecule has 0 aliphatic carbocycles. The lowest BCUT2D eigenvalue weighted by atomic mass is 9.96. The molecule has 29 heavy (non-hydrogen) atoms. The Bertz CT molecular complexity index is 1030. The van der Waals surface area contributed by atoms with Crippen molar-refractivity contribution in [3.05, 3.63) is 95.6 Å². The highest BCUT2D eigenvalue weighted by Crippen LogP contribution is 2.47. The molecule has 3 aromatic carbocycles. The van der Waals surface area contributed by atoms with Crippen molar-refractivity contribution in [3.63, 3.8) is 0 Å². The van der Waals surface area contributed by atoms with E-state index in [0.29, 0.717) is 0 Å². The maximum absolute atomic E-state index is 6.38. The summed E-state index contributed by atoms with van der Waals surface area (Å²) >= 11 is 0. The van der Waals surface area contributed by atoms with E-state index < -0.39 is 0 Å². The minimum atomic E-state index is -0.225. The Morgan fingerprint density at radius 1 is 0.931 bits per heavy atom. The van der Waals surface area contributed by atoms with Crippen LogP contribution in [0, 0.1) is 0 Å². The van der Waals surface area contributed by atoms with Gasteiger partial charge in [0.1, 0.15) is 11.5 Å². The fourth-order valence-corrected chi connectivity index (χ4v) is 4.04. The van der Waals surface area contributed by atoms with Crippen LogP contribution in [0.2, 0.25) is 0 Å². The summed E-state index contributed by atoms with van der Waals surface area (Å²) in [6.07, 6.45) is 0.796. The number of nitrogens with zero attached hydrogens (tertiary/aromatic N) is 2. The molecule has 0 radical (unpaired) electrons. The largest absolute Gasteiger partial charge is 0.491 e. The highest BCUT2D eigenvalue weighted by molar-refractivity contribution is 6.02. The average Bonchev–Trinajstić information content (AvgIpc) is 3.19. The Morgan fingerprint density at radius 3 is 2.41 bits per heavy atom. The van der Waals surface area contributed by atoms with Crippen LogP contribution in [0.25, 0.3) is 0 Å². The summed E-state index contributed by atoms with van der Waals surface area (Å²) in [5, 5.41) is 7.13. The third-order valence-corrected chi connectivity index (χ3v) is 5.34. The lowest BCUT2D eigenvalue weighted by Gasteiger charge is -2.38. The van der Waals surface area contributed by atoms with E-state index in [1.54, 1.807) is 0 Å². The van der Waals surface area contributed by atoms with Gasteiger partial charge in [-0.3, -0.25) is 0 Å². The van der Waals surface area contributed by atoms with Crippen molar-refractivity contribution in [1.29, 1.82) is 0 Å². The van der Waals surface area contributed by atoms with Crippen LogP contribution in [0.3, 0.4) is 0 Å². The van der Waals surface area contributed by atoms with E-state index in [1.807, 2.05) is 50.2 Å². The summed E-state index contributed by atoms with van der Waals surface area (Å²) in [5.74, 6) is 1.83. The molecule has 4 nitrogen and oxygen atoms in total. The molecule has 0 aromatic heterocycles. The van der Waals surface area contributed by atoms with Gasteiger partial charge in [0.25, 0.3) is 0 Å². The van der Waals surface area contributed by atoms with Crippen molar-refractivity contribution >= 4 is 5.71 Å². The molecule has 0 saturated carbocycles. The predicted molar refractivity (Wildman–Crippen MR) is 114 cm³/mol. The van der Waals surface area contributed by atoms with Gasteiger partial charge >= 0.3 is 0 Å². The molecule has 2 atom stereocenters. The van der Waals surface area contributed by atoms with E-state index in [0.717, 1.165) is 34.8 Å². The molecular weight excluding hydrogens is 360 g/mol. The van der Waals surface area contributed by atoms with Crippen LogP contribution < -0.4 is 9.47 Å². The number of ether oxygens (including phenoxy) is 2. The second-order valence-corrected chi connectivity index (χ2v) is 7.76. The van der Waals surface area contributed by atoms with Gasteiger partial charge < -0.3 is 9.47 Å². The molecule has 0 fully saturated rings. The van der Waals surface area contributed by atoms with Crippen LogP contribution in [0.15, 0.2) is 84.0 Å². The fourth-order valence-electron chi connectivity index (χ4n) is 4.04. The molecule has 0 saturated heterocycles. The van der Waals surface area contributed by atoms with Crippen LogP contribution >= 0.6 is 0 Å². The molecule has 3 aromatic rings. The maximum Gasteiger partial charge on any atom is 0.213 e. The second kappa shape index (κ2) is 7.28. The monoisotopic (exact) mass is 384 g/mol. The Balaban J connectivity index is 1.50. The van der Waals surface area contributed by atoms with E-state index in [9.17, 15) is 0 Å². The zero-order chi connectivity index (χ0) is 19.8. The number of para-hydroxylation sites is 1. The molecule has 2 aliphatic rings. The summed E-state index contributed by atoms with van der Waals surface area (Å²) < 4.78 is 12.2. The number of rotatable bonds is 4. The van der Waals surface area contributed by atoms with Crippen molar-refractivity contribution in [2.75, 3.05) is 0 Å². The zero-order valence-corrected chi connectivity index (χ0v) is 16.7. The molecule has 0 amide bonds. The van der Waals surface area contributed by atoms with Crippen molar-refractivity contribution < 1.29 is 9.47 Å². The minimum Gasteiger partial charge on any atom is -0.491 e. The molecule has 2 heterocycles. The van der Waals surface area contributed by atoms with Crippen molar-refractivity contribution in [3.8, 4) is 11.5 Å². The molecule has 4 heteroatoms. The molecule has 0 bridgehead atoms. The van der Waals surface area contributed by atoms with E-state index in [1.165, 1.54) is 5.56 Å². The topological polar surface area (TPSA) is 34.1 Å². The first-order valence-electron chi connectivity index (χ1n) is 10.1. The quantitative estimate of drug-likeness (QED) is 0.577. The molecule has 0 unspecified atom stereocenters. The Hall–Kier alpha value is -3.27. The van der Waals surface area contributed by atoms with Gasteiger partial charge in [0.15, 0.2) is 0 Å². The van der Waals surface area contributed by atoms with Crippen LogP contribution in [-0.2, 0) is 0 Å². The van der Waals surface area contributed by atoms with Crippen molar-refractivity contribution in [2.45, 2.75) is 38.6 Å². The van der Waals surface area contributed by atoms with Gasteiger partial charge in [-0.1, -0.05) is 48.5 Å². The number of fused-ring (bicyclic) bond motifs is 3. The summed E-state index contributed by atoms with van der Waals surface area (Å²) in [6, 6.07) is 27.0. The first-order chi connectivity index (χ1) is 14.2. The lowest BCUT2D eigenvalue weighted by Crippen LogP contribution is -2.33. The van der Waals surface area contributed by atoms with Gasteiger partial charge in [-0.25, -0.2) is 5.01 Å². The average molecular weight is 384 g/mol. The number of benzene rings is 3. The van der Waals surface area contributed by atoms with Gasteiger partial charge in [-0.2, -0.15) is 5.10 Å². The van der Waals surface area contributed by atoms with Crippen molar-refractivity contribution in [1.82, 2.24) is 5.01 Å². The van der Waals surface area contributed by atoms with Gasteiger partial charge in [-0.15, -0.1) is 0 Å². The SMILES string of the molecule is CC(C)Oc1ccc(C2=NN3[C@H](C2)c2ccccc2O[C@@H]3c2ccccc2)cc1. The van der Waals surface area contributed by atoms with E-state index >= 15 is 0 Å². The maximum atomic E-state index is 6.38. The summed E-state index contributed by atoms with van der Waals surface area (Å²) in [4.78, 5) is 0. The standard InChI is InChI=1S/C25H24N2O2/c1-17(2)28-20-14-12-18(13-15-20)22-16-23-21-10-6-7-11-24(21)29-25(27(23)26-22)19-8-4-3-5-9-19/h3-15,17,23,25H,16H2,1-2H3/t23-,25-/m1/s1. The molecule has 146 valence electrons. The highest BCUT2D eigenvalue weighted by atomic mass is 16.5. The zero-order valence-electron chi connectivity index (χ0n) is 16.7. The molecule has 5 rings (SSSR count). The van der Waals surface area contributed by atoms with Crippen LogP contribution in [0.4, 0.5) is 0 Å². The first kappa shape index (κ1) is 17.8. The molecule has 0 N–H and O–H groups in total. The number of hydrogen-bond acceptors (Lipinski definition) is 4. The van der Waals surface area contributed by atoms with Crippen LogP contribution in [0.5, 0.6) is 11.5 Å². The molecule has 0 spiro atoms. The Kier molecular flexibility index (Phi) is 4.47. The minimum absolute atomic E-state index is 0.166. The Morgan fingerprint density at radius 2 is 1.66 bits per heavy atom. The number of hydrogen-bond donors (Lipinski definition) is 0. The second-order valence-electron chi connectivity index (χ2n) is 7.76. The van der Waals surface area contributed by atoms with Gasteiger partial charge in [0, 0.05) is 17.5 Å². The smallest absolute Gasteiger partial charge is 0.213 e. The van der Waals surface area contributed by atoms with Crippen molar-refractivity contribution in [2.24, 2.45) is 5.10 Å². The third-order valence-electron chi connectivity index (χ3n) is 5.34. The molecular formula is C25H24N2O2. The molecule has 2 aliphatic heterocycles. The summed E-state index contributed by atoms with van der Waals surface area (Å²) in [5.41, 5.74) is 4.50. The van der Waals surface area contributed by atoms with Gasteiger partial charge in [-0.05, 0) is 49.7 Å². The van der Waals surface area contributed by atoms with Crippen LogP contribution in [0.1, 0.15) is 49.2 Å². The first-order valence-corrected chi connectivity index (χ1v) is 10.1. The highest BCUT2D eigenvalue weighted by Gasteiger charge is 2.40. The normalized spacial score (nSPS) is 20.0. The summed E-state index contributed by atoms with van der Waals surface area (Å²) in [6.45, 7) is 4.07. The van der Waals surface area contributed by atoms with Gasteiger partial charge in [0.05, 0.1) is 17.9 Å².